The van der Waals surface area contributed by atoms with Crippen molar-refractivity contribution in [2.45, 2.75) is 20.0 Å². The summed E-state index contributed by atoms with van der Waals surface area (Å²) in [5.74, 6) is -0.170. The highest BCUT2D eigenvalue weighted by Gasteiger charge is 2.06. The molecule has 1 N–H and O–H groups in total. The van der Waals surface area contributed by atoms with Gasteiger partial charge < -0.3 is 9.84 Å². The van der Waals surface area contributed by atoms with Crippen molar-refractivity contribution in [3.8, 4) is 17.0 Å². The van der Waals surface area contributed by atoms with E-state index in [-0.39, 0.29) is 11.7 Å². The van der Waals surface area contributed by atoms with Gasteiger partial charge in [0.1, 0.15) is 5.75 Å². The van der Waals surface area contributed by atoms with Gasteiger partial charge in [-0.15, -0.1) is 0 Å². The number of benzene rings is 1. The van der Waals surface area contributed by atoms with Crippen LogP contribution in [0.4, 0.5) is 0 Å². The summed E-state index contributed by atoms with van der Waals surface area (Å²) >= 11 is 0. The van der Waals surface area contributed by atoms with Gasteiger partial charge in [-0.25, -0.2) is 4.79 Å². The second-order valence-corrected chi connectivity index (χ2v) is 4.43. The Hall–Kier alpha value is -2.36. The maximum Gasteiger partial charge on any atom is 0.335 e. The topological polar surface area (TPSA) is 59.4 Å². The Morgan fingerprint density at radius 3 is 2.47 bits per heavy atom. The van der Waals surface area contributed by atoms with Crippen molar-refractivity contribution in [2.24, 2.45) is 0 Å². The lowest BCUT2D eigenvalue weighted by molar-refractivity contribution is 0.0697. The van der Waals surface area contributed by atoms with Crippen LogP contribution < -0.4 is 4.74 Å². The summed E-state index contributed by atoms with van der Waals surface area (Å²) in [5.41, 5.74) is 1.72. The molecule has 0 aliphatic heterocycles. The Morgan fingerprint density at radius 2 is 1.89 bits per heavy atom. The fourth-order valence-electron chi connectivity index (χ4n) is 1.70. The predicted molar refractivity (Wildman–Crippen MR) is 72.4 cm³/mol. The molecule has 0 aliphatic carbocycles. The summed E-state index contributed by atoms with van der Waals surface area (Å²) in [5, 5.41) is 8.95. The molecule has 2 rings (SSSR count). The quantitative estimate of drug-likeness (QED) is 0.913. The Kier molecular flexibility index (Phi) is 3.80. The van der Waals surface area contributed by atoms with Crippen LogP contribution in [0.25, 0.3) is 11.3 Å². The molecule has 0 unspecified atom stereocenters. The first-order valence-electron chi connectivity index (χ1n) is 6.02. The van der Waals surface area contributed by atoms with E-state index in [1.54, 1.807) is 6.07 Å². The largest absolute Gasteiger partial charge is 0.491 e. The van der Waals surface area contributed by atoms with Crippen molar-refractivity contribution in [3.63, 3.8) is 0 Å². The SMILES string of the molecule is CC(C)Oc1ccc(-c2cc(C(=O)O)ccn2)cc1. The number of carboxylic acids is 1. The Labute approximate surface area is 111 Å². The number of aromatic carboxylic acids is 1. The van der Waals surface area contributed by atoms with Gasteiger partial charge in [-0.2, -0.15) is 0 Å². The van der Waals surface area contributed by atoms with E-state index < -0.39 is 5.97 Å². The van der Waals surface area contributed by atoms with E-state index >= 15 is 0 Å². The molecule has 0 amide bonds. The van der Waals surface area contributed by atoms with Gasteiger partial charge in [-0.05, 0) is 50.2 Å². The summed E-state index contributed by atoms with van der Waals surface area (Å²) in [4.78, 5) is 15.1. The van der Waals surface area contributed by atoms with Crippen LogP contribution in [0.2, 0.25) is 0 Å². The number of hydrogen-bond acceptors (Lipinski definition) is 3. The normalized spacial score (nSPS) is 10.5. The van der Waals surface area contributed by atoms with E-state index in [0.717, 1.165) is 11.3 Å². The highest BCUT2D eigenvalue weighted by atomic mass is 16.5. The molecule has 4 heteroatoms. The molecule has 0 aliphatic rings. The lowest BCUT2D eigenvalue weighted by atomic mass is 10.1. The van der Waals surface area contributed by atoms with E-state index in [1.165, 1.54) is 12.3 Å². The fraction of sp³-hybridized carbons (Fsp3) is 0.200. The van der Waals surface area contributed by atoms with E-state index in [4.69, 9.17) is 9.84 Å². The number of hydrogen-bond donors (Lipinski definition) is 1. The molecule has 1 aromatic carbocycles. The van der Waals surface area contributed by atoms with E-state index in [9.17, 15) is 4.79 Å². The summed E-state index contributed by atoms with van der Waals surface area (Å²) in [7, 11) is 0. The van der Waals surface area contributed by atoms with Crippen LogP contribution in [0.1, 0.15) is 24.2 Å². The van der Waals surface area contributed by atoms with Crippen molar-refractivity contribution in [3.05, 3.63) is 48.2 Å². The molecule has 0 radical (unpaired) electrons. The van der Waals surface area contributed by atoms with Crippen molar-refractivity contribution in [1.29, 1.82) is 0 Å². The molecular weight excluding hydrogens is 242 g/mol. The second-order valence-electron chi connectivity index (χ2n) is 4.43. The molecule has 0 saturated heterocycles. The van der Waals surface area contributed by atoms with Gasteiger partial charge in [0.05, 0.1) is 17.4 Å². The maximum absolute atomic E-state index is 10.9. The van der Waals surface area contributed by atoms with Gasteiger partial charge >= 0.3 is 5.97 Å². The molecule has 0 bridgehead atoms. The number of pyridine rings is 1. The third-order valence-corrected chi connectivity index (χ3v) is 2.53. The molecule has 0 spiro atoms. The lowest BCUT2D eigenvalue weighted by Gasteiger charge is -2.10. The van der Waals surface area contributed by atoms with Crippen LogP contribution in [0, 0.1) is 0 Å². The van der Waals surface area contributed by atoms with Crippen molar-refractivity contribution in [2.75, 3.05) is 0 Å². The monoisotopic (exact) mass is 257 g/mol. The van der Waals surface area contributed by atoms with Gasteiger partial charge in [0, 0.05) is 11.8 Å². The summed E-state index contributed by atoms with van der Waals surface area (Å²) in [6.07, 6.45) is 1.62. The van der Waals surface area contributed by atoms with Crippen LogP contribution >= 0.6 is 0 Å². The number of rotatable bonds is 4. The first-order chi connectivity index (χ1) is 9.06. The molecule has 4 nitrogen and oxygen atoms in total. The van der Waals surface area contributed by atoms with Crippen LogP contribution in [-0.2, 0) is 0 Å². The van der Waals surface area contributed by atoms with Gasteiger partial charge in [-0.3, -0.25) is 4.98 Å². The van der Waals surface area contributed by atoms with Gasteiger partial charge in [0.25, 0.3) is 0 Å². The third-order valence-electron chi connectivity index (χ3n) is 2.53. The van der Waals surface area contributed by atoms with Crippen LogP contribution in [0.3, 0.4) is 0 Å². The van der Waals surface area contributed by atoms with Crippen LogP contribution in [0.15, 0.2) is 42.6 Å². The summed E-state index contributed by atoms with van der Waals surface area (Å²) < 4.78 is 5.55. The van der Waals surface area contributed by atoms with E-state index in [0.29, 0.717) is 5.69 Å². The number of aromatic nitrogens is 1. The second kappa shape index (κ2) is 5.52. The number of ether oxygens (including phenoxy) is 1. The van der Waals surface area contributed by atoms with Gasteiger partial charge in [0.2, 0.25) is 0 Å². The molecule has 0 atom stereocenters. The minimum absolute atomic E-state index is 0.124. The fourth-order valence-corrected chi connectivity index (χ4v) is 1.70. The number of carbonyl (C=O) groups is 1. The molecule has 1 aromatic heterocycles. The molecule has 19 heavy (non-hydrogen) atoms. The summed E-state index contributed by atoms with van der Waals surface area (Å²) in [6.45, 7) is 3.93. The van der Waals surface area contributed by atoms with Crippen molar-refractivity contribution in [1.82, 2.24) is 4.98 Å². The molecule has 1 heterocycles. The van der Waals surface area contributed by atoms with Crippen molar-refractivity contribution < 1.29 is 14.6 Å². The molecular formula is C15H15NO3. The predicted octanol–water partition coefficient (Wildman–Crippen LogP) is 3.23. The molecule has 0 saturated carbocycles. The highest BCUT2D eigenvalue weighted by Crippen LogP contribution is 2.22. The molecule has 0 fully saturated rings. The minimum Gasteiger partial charge on any atom is -0.491 e. The zero-order valence-corrected chi connectivity index (χ0v) is 10.8. The number of nitrogens with zero attached hydrogens (tertiary/aromatic N) is 1. The molecule has 98 valence electrons. The van der Waals surface area contributed by atoms with Gasteiger partial charge in [0.15, 0.2) is 0 Å². The van der Waals surface area contributed by atoms with Crippen molar-refractivity contribution >= 4 is 5.97 Å². The first-order valence-corrected chi connectivity index (χ1v) is 6.02. The van der Waals surface area contributed by atoms with Crippen LogP contribution in [0.5, 0.6) is 5.75 Å². The standard InChI is InChI=1S/C15H15NO3/c1-10(2)19-13-5-3-11(4-6-13)14-9-12(15(17)18)7-8-16-14/h3-10H,1-2H3,(H,17,18). The Morgan fingerprint density at radius 1 is 1.21 bits per heavy atom. The Balaban J connectivity index is 2.27. The van der Waals surface area contributed by atoms with Gasteiger partial charge in [-0.1, -0.05) is 0 Å². The van der Waals surface area contributed by atoms with Crippen LogP contribution in [-0.4, -0.2) is 22.2 Å². The summed E-state index contributed by atoms with van der Waals surface area (Å²) in [6, 6.07) is 10.5. The highest BCUT2D eigenvalue weighted by molar-refractivity contribution is 5.88. The maximum atomic E-state index is 10.9. The minimum atomic E-state index is -0.955. The van der Waals surface area contributed by atoms with E-state index in [2.05, 4.69) is 4.98 Å². The van der Waals surface area contributed by atoms with E-state index in [1.807, 2.05) is 38.1 Å². The lowest BCUT2D eigenvalue weighted by Crippen LogP contribution is -2.05. The Bertz CT molecular complexity index is 576. The molecule has 2 aromatic rings. The zero-order chi connectivity index (χ0) is 13.8. The average Bonchev–Trinajstić information content (AvgIpc) is 2.39. The first kappa shape index (κ1) is 13.1. The third kappa shape index (κ3) is 3.31. The average molecular weight is 257 g/mol. The zero-order valence-electron chi connectivity index (χ0n) is 10.8. The smallest absolute Gasteiger partial charge is 0.335 e. The number of carboxylic acid groups (broad SMARTS) is 1.